The lowest BCUT2D eigenvalue weighted by Gasteiger charge is -2.17. The Labute approximate surface area is 183 Å². The van der Waals surface area contributed by atoms with Crippen LogP contribution in [0.5, 0.6) is 0 Å². The van der Waals surface area contributed by atoms with Crippen LogP contribution in [0.25, 0.3) is 50.4 Å². The van der Waals surface area contributed by atoms with Crippen LogP contribution in [0.1, 0.15) is 19.4 Å². The summed E-state index contributed by atoms with van der Waals surface area (Å²) in [5, 5.41) is 9.47. The molecule has 2 N–H and O–H groups in total. The van der Waals surface area contributed by atoms with Crippen molar-refractivity contribution >= 4 is 39.6 Å². The van der Waals surface area contributed by atoms with Gasteiger partial charge in [0.05, 0.1) is 22.4 Å². The number of fused-ring (bicyclic) bond motifs is 2. The number of halogens is 1. The van der Waals surface area contributed by atoms with Crippen molar-refractivity contribution in [3.63, 3.8) is 0 Å². The van der Waals surface area contributed by atoms with Gasteiger partial charge < -0.3 is 4.98 Å². The van der Waals surface area contributed by atoms with E-state index in [1.54, 1.807) is 6.20 Å². The molecule has 0 bridgehead atoms. The summed E-state index contributed by atoms with van der Waals surface area (Å²) in [7, 11) is 0. The summed E-state index contributed by atoms with van der Waals surface area (Å²) in [5.74, 6) is 0. The van der Waals surface area contributed by atoms with Gasteiger partial charge in [-0.15, -0.1) is 0 Å². The number of aromatic amines is 2. The lowest BCUT2D eigenvalue weighted by molar-refractivity contribution is 1.12. The summed E-state index contributed by atoms with van der Waals surface area (Å²) in [4.78, 5) is 19.8. The second-order valence-corrected chi connectivity index (χ2v) is 8.12. The number of aromatic nitrogens is 4. The Balaban J connectivity index is 1.98. The minimum absolute atomic E-state index is 0.183. The Hall–Kier alpha value is -3.70. The van der Waals surface area contributed by atoms with Crippen LogP contribution in [0.2, 0.25) is 5.02 Å². The monoisotopic (exact) mass is 426 g/mol. The lowest BCUT2D eigenvalue weighted by Crippen LogP contribution is -2.06. The first-order chi connectivity index (χ1) is 15.0. The van der Waals surface area contributed by atoms with E-state index >= 15 is 0 Å². The van der Waals surface area contributed by atoms with Crippen LogP contribution in [0.3, 0.4) is 0 Å². The number of pyridine rings is 2. The van der Waals surface area contributed by atoms with Crippen molar-refractivity contribution < 1.29 is 0 Å². The predicted octanol–water partition coefficient (Wildman–Crippen LogP) is 6.21. The smallest absolute Gasteiger partial charge is 0.249 e. The molecule has 3 aromatic heterocycles. The normalized spacial score (nSPS) is 11.2. The molecular weight excluding hydrogens is 408 g/mol. The van der Waals surface area contributed by atoms with Crippen molar-refractivity contribution in [3.8, 4) is 22.4 Å². The minimum Gasteiger partial charge on any atom is -0.307 e. The molecule has 0 unspecified atom stereocenters. The zero-order valence-electron chi connectivity index (χ0n) is 17.0. The quantitative estimate of drug-likeness (QED) is 0.360. The van der Waals surface area contributed by atoms with E-state index in [1.165, 1.54) is 6.07 Å². The van der Waals surface area contributed by atoms with Crippen molar-refractivity contribution in [1.29, 1.82) is 0 Å². The zero-order chi connectivity index (χ0) is 21.5. The van der Waals surface area contributed by atoms with Gasteiger partial charge in [0.15, 0.2) is 0 Å². The Morgan fingerprint density at radius 3 is 2.61 bits per heavy atom. The van der Waals surface area contributed by atoms with Gasteiger partial charge in [0, 0.05) is 28.0 Å². The molecular formula is C25H19ClN4O. The molecule has 6 heteroatoms. The first-order valence-corrected chi connectivity index (χ1v) is 10.3. The topological polar surface area (TPSA) is 74.4 Å². The average Bonchev–Trinajstić information content (AvgIpc) is 3.23. The Morgan fingerprint density at radius 2 is 1.84 bits per heavy atom. The fourth-order valence-electron chi connectivity index (χ4n) is 3.89. The molecule has 5 rings (SSSR count). The van der Waals surface area contributed by atoms with Gasteiger partial charge >= 0.3 is 0 Å². The molecule has 2 aromatic carbocycles. The second kappa shape index (κ2) is 7.52. The van der Waals surface area contributed by atoms with Crippen molar-refractivity contribution in [3.05, 3.63) is 87.3 Å². The second-order valence-electron chi connectivity index (χ2n) is 7.71. The van der Waals surface area contributed by atoms with Crippen molar-refractivity contribution in [2.45, 2.75) is 13.8 Å². The van der Waals surface area contributed by atoms with Crippen LogP contribution < -0.4 is 5.56 Å². The number of hydrogen-bond acceptors (Lipinski definition) is 3. The third-order valence-electron chi connectivity index (χ3n) is 5.19. The summed E-state index contributed by atoms with van der Waals surface area (Å²) in [6.07, 6.45) is 3.89. The number of rotatable bonds is 3. The SMILES string of the molecule is CC(C)=Cc1c(-c2cc(Cl)c3[nH]ncc3c2)c(-c2ccccc2)nc2[nH]c(=O)ccc12. The van der Waals surface area contributed by atoms with Gasteiger partial charge in [-0.3, -0.25) is 9.89 Å². The van der Waals surface area contributed by atoms with Crippen LogP contribution in [0, 0.1) is 0 Å². The van der Waals surface area contributed by atoms with Crippen molar-refractivity contribution in [1.82, 2.24) is 20.2 Å². The highest BCUT2D eigenvalue weighted by atomic mass is 35.5. The summed E-state index contributed by atoms with van der Waals surface area (Å²) in [5.41, 5.74) is 6.91. The molecule has 0 spiro atoms. The number of nitrogens with one attached hydrogen (secondary N) is 2. The first-order valence-electron chi connectivity index (χ1n) is 9.91. The fourth-order valence-corrected chi connectivity index (χ4v) is 4.16. The molecule has 0 saturated heterocycles. The Bertz CT molecular complexity index is 1530. The molecule has 5 nitrogen and oxygen atoms in total. The van der Waals surface area contributed by atoms with Gasteiger partial charge in [0.25, 0.3) is 0 Å². The van der Waals surface area contributed by atoms with Crippen molar-refractivity contribution in [2.75, 3.05) is 0 Å². The van der Waals surface area contributed by atoms with Gasteiger partial charge in [-0.2, -0.15) is 5.10 Å². The molecule has 0 aliphatic carbocycles. The molecule has 31 heavy (non-hydrogen) atoms. The van der Waals surface area contributed by atoms with E-state index in [0.717, 1.165) is 49.8 Å². The van der Waals surface area contributed by atoms with Crippen LogP contribution >= 0.6 is 11.6 Å². The molecule has 3 heterocycles. The maximum absolute atomic E-state index is 12.0. The molecule has 0 saturated carbocycles. The van der Waals surface area contributed by atoms with Crippen molar-refractivity contribution in [2.24, 2.45) is 0 Å². The van der Waals surface area contributed by atoms with E-state index in [0.29, 0.717) is 10.7 Å². The van der Waals surface area contributed by atoms with E-state index in [4.69, 9.17) is 16.6 Å². The molecule has 152 valence electrons. The zero-order valence-corrected chi connectivity index (χ0v) is 17.8. The summed E-state index contributed by atoms with van der Waals surface area (Å²) in [6.45, 7) is 4.10. The summed E-state index contributed by atoms with van der Waals surface area (Å²) < 4.78 is 0. The third-order valence-corrected chi connectivity index (χ3v) is 5.49. The Kier molecular flexibility index (Phi) is 4.68. The predicted molar refractivity (Wildman–Crippen MR) is 127 cm³/mol. The maximum Gasteiger partial charge on any atom is 0.249 e. The highest BCUT2D eigenvalue weighted by Gasteiger charge is 2.19. The summed E-state index contributed by atoms with van der Waals surface area (Å²) >= 11 is 6.59. The number of allylic oxidation sites excluding steroid dienone is 1. The lowest BCUT2D eigenvalue weighted by atomic mass is 9.91. The van der Waals surface area contributed by atoms with Crippen LogP contribution in [0.15, 0.2) is 71.2 Å². The first kappa shape index (κ1) is 19.3. The van der Waals surface area contributed by atoms with E-state index in [9.17, 15) is 4.79 Å². The van der Waals surface area contributed by atoms with Crippen LogP contribution in [-0.2, 0) is 0 Å². The summed E-state index contributed by atoms with van der Waals surface area (Å²) in [6, 6.07) is 17.3. The highest BCUT2D eigenvalue weighted by Crippen LogP contribution is 2.40. The maximum atomic E-state index is 12.0. The van der Waals surface area contributed by atoms with Gasteiger partial charge in [-0.25, -0.2) is 4.98 Å². The molecule has 0 aliphatic heterocycles. The van der Waals surface area contributed by atoms with Gasteiger partial charge in [0.1, 0.15) is 5.65 Å². The molecule has 0 radical (unpaired) electrons. The number of H-pyrrole nitrogens is 2. The minimum atomic E-state index is -0.183. The Morgan fingerprint density at radius 1 is 1.03 bits per heavy atom. The molecule has 0 fully saturated rings. The highest BCUT2D eigenvalue weighted by molar-refractivity contribution is 6.35. The standard InChI is InChI=1S/C25H19ClN4O/c1-14(2)10-19-18-8-9-21(31)28-25(18)29-24(15-6-4-3-5-7-15)22(19)16-11-17-13-27-30-23(17)20(26)12-16/h3-13H,1-2H3,(H,27,30)(H,28,29,31). The molecule has 0 amide bonds. The number of benzene rings is 2. The van der Waals surface area contributed by atoms with Crippen LogP contribution in [-0.4, -0.2) is 20.2 Å². The van der Waals surface area contributed by atoms with Gasteiger partial charge in [-0.1, -0.05) is 53.6 Å². The fraction of sp³-hybridized carbons (Fsp3) is 0.0800. The van der Waals surface area contributed by atoms with E-state index in [-0.39, 0.29) is 5.56 Å². The van der Waals surface area contributed by atoms with E-state index in [2.05, 4.69) is 41.2 Å². The number of hydrogen-bond donors (Lipinski definition) is 2. The number of nitrogens with zero attached hydrogens (tertiary/aromatic N) is 2. The average molecular weight is 427 g/mol. The third kappa shape index (κ3) is 3.43. The largest absolute Gasteiger partial charge is 0.307 e. The van der Waals surface area contributed by atoms with Crippen LogP contribution in [0.4, 0.5) is 0 Å². The molecule has 0 aliphatic rings. The molecule has 5 aromatic rings. The van der Waals surface area contributed by atoms with E-state index < -0.39 is 0 Å². The van der Waals surface area contributed by atoms with E-state index in [1.807, 2.05) is 42.5 Å². The van der Waals surface area contributed by atoms with Gasteiger partial charge in [-0.05, 0) is 43.2 Å². The van der Waals surface area contributed by atoms with Gasteiger partial charge in [0.2, 0.25) is 5.56 Å². The molecule has 0 atom stereocenters.